The van der Waals surface area contributed by atoms with E-state index in [0.29, 0.717) is 17.1 Å². The summed E-state index contributed by atoms with van der Waals surface area (Å²) in [6.45, 7) is 1.80. The maximum atomic E-state index is 9.99. The topological polar surface area (TPSA) is 47.9 Å². The molecule has 90 valence electrons. The van der Waals surface area contributed by atoms with Gasteiger partial charge in [0.05, 0.1) is 20.3 Å². The number of aliphatic hydroxyl groups excluding tert-OH is 1. The van der Waals surface area contributed by atoms with Crippen molar-refractivity contribution in [1.82, 2.24) is 0 Å². The number of hydrogen-bond donors (Lipinski definition) is 1. The number of aliphatic hydroxyl groups is 1. The van der Waals surface area contributed by atoms with Crippen molar-refractivity contribution in [3.63, 3.8) is 0 Å². The molecule has 0 radical (unpaired) electrons. The molecule has 0 aliphatic carbocycles. The first kappa shape index (κ1) is 12.8. The first-order valence-corrected chi connectivity index (χ1v) is 5.06. The lowest BCUT2D eigenvalue weighted by atomic mass is 10.0. The predicted molar refractivity (Wildman–Crippen MR) is 61.0 cm³/mol. The first-order chi connectivity index (χ1) is 7.62. The lowest BCUT2D eigenvalue weighted by molar-refractivity contribution is -0.00159. The number of rotatable bonds is 5. The quantitative estimate of drug-likeness (QED) is 0.831. The van der Waals surface area contributed by atoms with Crippen LogP contribution in [0.2, 0.25) is 0 Å². The van der Waals surface area contributed by atoms with Crippen molar-refractivity contribution < 1.29 is 19.3 Å². The summed E-state index contributed by atoms with van der Waals surface area (Å²) in [7, 11) is 4.71. The standard InChI is InChI=1S/C12H18O4/c1-8(14-2)12(13)9-5-10(15-3)7-11(6-9)16-4/h5-8,12-13H,1-4H3. The van der Waals surface area contributed by atoms with Crippen molar-refractivity contribution in [3.8, 4) is 11.5 Å². The summed E-state index contributed by atoms with van der Waals surface area (Å²) in [4.78, 5) is 0. The van der Waals surface area contributed by atoms with E-state index in [1.54, 1.807) is 46.5 Å². The van der Waals surface area contributed by atoms with Crippen molar-refractivity contribution in [3.05, 3.63) is 23.8 Å². The minimum Gasteiger partial charge on any atom is -0.497 e. The minimum atomic E-state index is -0.700. The third-order valence-corrected chi connectivity index (χ3v) is 2.53. The summed E-state index contributed by atoms with van der Waals surface area (Å²) in [5, 5.41) is 9.99. The molecule has 0 spiro atoms. The van der Waals surface area contributed by atoms with Crippen molar-refractivity contribution in [1.29, 1.82) is 0 Å². The summed E-state index contributed by atoms with van der Waals surface area (Å²) in [5.41, 5.74) is 0.713. The SMILES string of the molecule is COc1cc(OC)cc(C(O)C(C)OC)c1. The van der Waals surface area contributed by atoms with Gasteiger partial charge in [0.25, 0.3) is 0 Å². The Morgan fingerprint density at radius 3 is 1.88 bits per heavy atom. The summed E-state index contributed by atoms with van der Waals surface area (Å²) in [5.74, 6) is 1.30. The summed E-state index contributed by atoms with van der Waals surface area (Å²) >= 11 is 0. The fourth-order valence-electron chi connectivity index (χ4n) is 1.40. The van der Waals surface area contributed by atoms with Gasteiger partial charge in [-0.1, -0.05) is 0 Å². The molecule has 0 aliphatic rings. The molecule has 0 heterocycles. The van der Waals surface area contributed by atoms with Gasteiger partial charge in [-0.3, -0.25) is 0 Å². The molecule has 0 saturated heterocycles. The molecule has 16 heavy (non-hydrogen) atoms. The van der Waals surface area contributed by atoms with Gasteiger partial charge in [0.2, 0.25) is 0 Å². The van der Waals surface area contributed by atoms with Crippen molar-refractivity contribution in [2.24, 2.45) is 0 Å². The van der Waals surface area contributed by atoms with Crippen LogP contribution in [0.15, 0.2) is 18.2 Å². The largest absolute Gasteiger partial charge is 0.497 e. The van der Waals surface area contributed by atoms with Crippen LogP contribution in [0.5, 0.6) is 11.5 Å². The highest BCUT2D eigenvalue weighted by atomic mass is 16.5. The molecule has 0 bridgehead atoms. The molecule has 1 rings (SSSR count). The van der Waals surface area contributed by atoms with Crippen LogP contribution in [0.3, 0.4) is 0 Å². The normalized spacial score (nSPS) is 14.3. The fourth-order valence-corrected chi connectivity index (χ4v) is 1.40. The van der Waals surface area contributed by atoms with Crippen LogP contribution in [0, 0.1) is 0 Å². The number of ether oxygens (including phenoxy) is 3. The fraction of sp³-hybridized carbons (Fsp3) is 0.500. The average molecular weight is 226 g/mol. The van der Waals surface area contributed by atoms with E-state index in [1.165, 1.54) is 0 Å². The molecule has 0 saturated carbocycles. The van der Waals surface area contributed by atoms with E-state index in [-0.39, 0.29) is 6.10 Å². The number of benzene rings is 1. The van der Waals surface area contributed by atoms with E-state index in [9.17, 15) is 5.11 Å². The first-order valence-electron chi connectivity index (χ1n) is 5.06. The van der Waals surface area contributed by atoms with Gasteiger partial charge >= 0.3 is 0 Å². The summed E-state index contributed by atoms with van der Waals surface area (Å²) in [6.07, 6.45) is -0.981. The van der Waals surface area contributed by atoms with Gasteiger partial charge in [-0.2, -0.15) is 0 Å². The van der Waals surface area contributed by atoms with E-state index in [1.807, 2.05) is 0 Å². The van der Waals surface area contributed by atoms with Crippen LogP contribution in [-0.2, 0) is 4.74 Å². The highest BCUT2D eigenvalue weighted by molar-refractivity contribution is 5.39. The molecular formula is C12H18O4. The van der Waals surface area contributed by atoms with Crippen LogP contribution in [0.4, 0.5) is 0 Å². The molecular weight excluding hydrogens is 208 g/mol. The van der Waals surface area contributed by atoms with E-state index in [2.05, 4.69) is 0 Å². The zero-order chi connectivity index (χ0) is 12.1. The van der Waals surface area contributed by atoms with Gasteiger partial charge in [-0.25, -0.2) is 0 Å². The summed E-state index contributed by atoms with van der Waals surface area (Å²) in [6, 6.07) is 5.29. The Hall–Kier alpha value is -1.26. The smallest absolute Gasteiger partial charge is 0.122 e. The van der Waals surface area contributed by atoms with Crippen molar-refractivity contribution in [2.45, 2.75) is 19.1 Å². The maximum Gasteiger partial charge on any atom is 0.122 e. The van der Waals surface area contributed by atoms with Gasteiger partial charge in [-0.15, -0.1) is 0 Å². The third kappa shape index (κ3) is 2.87. The molecule has 1 aromatic carbocycles. The van der Waals surface area contributed by atoms with Gasteiger partial charge in [0, 0.05) is 13.2 Å². The van der Waals surface area contributed by atoms with Crippen LogP contribution in [0.25, 0.3) is 0 Å². The zero-order valence-corrected chi connectivity index (χ0v) is 10.1. The third-order valence-electron chi connectivity index (χ3n) is 2.53. The highest BCUT2D eigenvalue weighted by Gasteiger charge is 2.17. The molecule has 2 atom stereocenters. The maximum absolute atomic E-state index is 9.99. The molecule has 0 aliphatic heterocycles. The lowest BCUT2D eigenvalue weighted by Gasteiger charge is -2.19. The molecule has 1 N–H and O–H groups in total. The van der Waals surface area contributed by atoms with E-state index in [4.69, 9.17) is 14.2 Å². The summed E-state index contributed by atoms with van der Waals surface area (Å²) < 4.78 is 15.3. The van der Waals surface area contributed by atoms with Crippen molar-refractivity contribution >= 4 is 0 Å². The Morgan fingerprint density at radius 2 is 1.50 bits per heavy atom. The Bertz CT molecular complexity index is 316. The molecule has 1 aromatic rings. The lowest BCUT2D eigenvalue weighted by Crippen LogP contribution is -2.16. The van der Waals surface area contributed by atoms with Gasteiger partial charge in [0.15, 0.2) is 0 Å². The molecule has 4 nitrogen and oxygen atoms in total. The zero-order valence-electron chi connectivity index (χ0n) is 10.1. The van der Waals surface area contributed by atoms with Crippen LogP contribution < -0.4 is 9.47 Å². The Morgan fingerprint density at radius 1 is 1.00 bits per heavy atom. The van der Waals surface area contributed by atoms with E-state index in [0.717, 1.165) is 0 Å². The predicted octanol–water partition coefficient (Wildman–Crippen LogP) is 1.77. The second-order valence-electron chi connectivity index (χ2n) is 3.53. The van der Waals surface area contributed by atoms with Gasteiger partial charge < -0.3 is 19.3 Å². The van der Waals surface area contributed by atoms with Crippen LogP contribution in [-0.4, -0.2) is 32.5 Å². The van der Waals surface area contributed by atoms with E-state index < -0.39 is 6.10 Å². The van der Waals surface area contributed by atoms with Crippen LogP contribution in [0.1, 0.15) is 18.6 Å². The highest BCUT2D eigenvalue weighted by Crippen LogP contribution is 2.28. The Labute approximate surface area is 95.8 Å². The second kappa shape index (κ2) is 5.72. The number of hydrogen-bond acceptors (Lipinski definition) is 4. The monoisotopic (exact) mass is 226 g/mol. The average Bonchev–Trinajstić information content (AvgIpc) is 2.35. The molecule has 4 heteroatoms. The molecule has 2 unspecified atom stereocenters. The number of methoxy groups -OCH3 is 3. The minimum absolute atomic E-state index is 0.281. The molecule has 0 aromatic heterocycles. The van der Waals surface area contributed by atoms with Gasteiger partial charge in [0.1, 0.15) is 17.6 Å². The molecule has 0 amide bonds. The Kier molecular flexibility index (Phi) is 4.58. The van der Waals surface area contributed by atoms with Crippen LogP contribution >= 0.6 is 0 Å². The van der Waals surface area contributed by atoms with Crippen molar-refractivity contribution in [2.75, 3.05) is 21.3 Å². The van der Waals surface area contributed by atoms with E-state index >= 15 is 0 Å². The second-order valence-corrected chi connectivity index (χ2v) is 3.53. The Balaban J connectivity index is 3.02. The molecule has 0 fully saturated rings. The van der Waals surface area contributed by atoms with Gasteiger partial charge in [-0.05, 0) is 24.6 Å².